The molecule has 2 aromatic rings. The van der Waals surface area contributed by atoms with Gasteiger partial charge in [-0.25, -0.2) is 0 Å². The summed E-state index contributed by atoms with van der Waals surface area (Å²) in [5, 5.41) is 14.9. The number of aryl methyl sites for hydroxylation is 1. The Morgan fingerprint density at radius 3 is 2.75 bits per heavy atom. The number of nitrogens with zero attached hydrogens (tertiary/aromatic N) is 4. The number of aromatic nitrogens is 2. The molecule has 1 aliphatic rings. The van der Waals surface area contributed by atoms with E-state index in [1.54, 1.807) is 0 Å². The first-order valence-electron chi connectivity index (χ1n) is 8.77. The molecule has 3 rings (SSSR count). The van der Waals surface area contributed by atoms with Crippen LogP contribution in [0.25, 0.3) is 0 Å². The van der Waals surface area contributed by atoms with Gasteiger partial charge in [0.2, 0.25) is 0 Å². The first-order valence-corrected chi connectivity index (χ1v) is 8.77. The van der Waals surface area contributed by atoms with Gasteiger partial charge in [0.25, 0.3) is 0 Å². The van der Waals surface area contributed by atoms with Crippen molar-refractivity contribution in [2.45, 2.75) is 32.0 Å². The smallest absolute Gasteiger partial charge is 0.110 e. The number of hydrogen-bond donors (Lipinski definition) is 1. The van der Waals surface area contributed by atoms with E-state index in [0.29, 0.717) is 6.54 Å². The summed E-state index contributed by atoms with van der Waals surface area (Å²) in [6, 6.07) is 12.7. The number of benzene rings is 1. The van der Waals surface area contributed by atoms with Crippen LogP contribution in [0, 0.1) is 0 Å². The Bertz CT molecular complexity index is 638. The summed E-state index contributed by atoms with van der Waals surface area (Å²) in [4.78, 5) is 4.48. The minimum atomic E-state index is -0.516. The van der Waals surface area contributed by atoms with Crippen LogP contribution in [0.2, 0.25) is 0 Å². The summed E-state index contributed by atoms with van der Waals surface area (Å²) < 4.78 is 2.08. The van der Waals surface area contributed by atoms with Gasteiger partial charge in [0.05, 0.1) is 11.4 Å². The molecule has 0 saturated carbocycles. The van der Waals surface area contributed by atoms with E-state index in [2.05, 4.69) is 51.1 Å². The zero-order chi connectivity index (χ0) is 16.9. The topological polar surface area (TPSA) is 44.5 Å². The highest BCUT2D eigenvalue weighted by Crippen LogP contribution is 2.19. The van der Waals surface area contributed by atoms with E-state index in [1.807, 2.05) is 19.0 Å². The Labute approximate surface area is 144 Å². The predicted octanol–water partition coefficient (Wildman–Crippen LogP) is 1.93. The van der Waals surface area contributed by atoms with E-state index in [4.69, 9.17) is 0 Å². The van der Waals surface area contributed by atoms with Gasteiger partial charge in [-0.3, -0.25) is 9.58 Å². The van der Waals surface area contributed by atoms with Crippen LogP contribution in [0.1, 0.15) is 29.5 Å². The van der Waals surface area contributed by atoms with E-state index in [9.17, 15) is 5.11 Å². The molecule has 1 aromatic carbocycles. The van der Waals surface area contributed by atoms with Crippen molar-refractivity contribution >= 4 is 0 Å². The third-order valence-corrected chi connectivity index (χ3v) is 4.55. The molecule has 0 aliphatic carbocycles. The zero-order valence-corrected chi connectivity index (χ0v) is 14.7. The van der Waals surface area contributed by atoms with Crippen LogP contribution in [0.5, 0.6) is 0 Å². The standard InChI is InChI=1S/C19H28N4O/c1-21(2)15-19(24)18-13-17-14-22(10-6-11-23(17)20-18)12-9-16-7-4-3-5-8-16/h3-5,7-8,13,19,24H,6,9-12,14-15H2,1-2H3/t19-/m0/s1. The van der Waals surface area contributed by atoms with Crippen molar-refractivity contribution in [1.29, 1.82) is 0 Å². The second-order valence-electron chi connectivity index (χ2n) is 6.93. The fourth-order valence-corrected chi connectivity index (χ4v) is 3.28. The minimum absolute atomic E-state index is 0.516. The first kappa shape index (κ1) is 17.1. The normalized spacial score (nSPS) is 16.8. The van der Waals surface area contributed by atoms with Crippen LogP contribution in [0.3, 0.4) is 0 Å². The first-order chi connectivity index (χ1) is 11.6. The van der Waals surface area contributed by atoms with Gasteiger partial charge in [0.1, 0.15) is 6.10 Å². The second-order valence-corrected chi connectivity index (χ2v) is 6.93. The highest BCUT2D eigenvalue weighted by molar-refractivity contribution is 5.16. The van der Waals surface area contributed by atoms with Gasteiger partial charge in [-0.15, -0.1) is 0 Å². The number of fused-ring (bicyclic) bond motifs is 1. The van der Waals surface area contributed by atoms with E-state index in [-0.39, 0.29) is 0 Å². The Morgan fingerprint density at radius 1 is 1.21 bits per heavy atom. The molecule has 0 amide bonds. The molecule has 0 spiro atoms. The number of rotatable bonds is 6. The molecule has 5 nitrogen and oxygen atoms in total. The van der Waals surface area contributed by atoms with Crippen LogP contribution in [-0.2, 0) is 19.5 Å². The summed E-state index contributed by atoms with van der Waals surface area (Å²) >= 11 is 0. The average molecular weight is 328 g/mol. The molecule has 1 atom stereocenters. The van der Waals surface area contributed by atoms with Crippen LogP contribution in [-0.4, -0.2) is 58.4 Å². The maximum Gasteiger partial charge on any atom is 0.110 e. The molecule has 1 aromatic heterocycles. The van der Waals surface area contributed by atoms with Gasteiger partial charge in [0, 0.05) is 32.7 Å². The monoisotopic (exact) mass is 328 g/mol. The van der Waals surface area contributed by atoms with Crippen LogP contribution < -0.4 is 0 Å². The van der Waals surface area contributed by atoms with Crippen molar-refractivity contribution in [3.63, 3.8) is 0 Å². The lowest BCUT2D eigenvalue weighted by Crippen LogP contribution is -2.25. The molecular formula is C19H28N4O. The zero-order valence-electron chi connectivity index (χ0n) is 14.7. The summed E-state index contributed by atoms with van der Waals surface area (Å²) in [6.07, 6.45) is 1.66. The molecule has 1 N–H and O–H groups in total. The number of aliphatic hydroxyl groups excluding tert-OH is 1. The largest absolute Gasteiger partial charge is 0.385 e. The molecule has 2 heterocycles. The van der Waals surface area contributed by atoms with Gasteiger partial charge in [0.15, 0.2) is 0 Å². The summed E-state index contributed by atoms with van der Waals surface area (Å²) in [6.45, 7) is 4.62. The van der Waals surface area contributed by atoms with Gasteiger partial charge < -0.3 is 10.0 Å². The predicted molar refractivity (Wildman–Crippen MR) is 95.8 cm³/mol. The Balaban J connectivity index is 1.63. The lowest BCUT2D eigenvalue weighted by Gasteiger charge is -2.19. The van der Waals surface area contributed by atoms with Gasteiger partial charge >= 0.3 is 0 Å². The maximum atomic E-state index is 10.3. The van der Waals surface area contributed by atoms with E-state index in [1.165, 1.54) is 11.3 Å². The molecule has 24 heavy (non-hydrogen) atoms. The van der Waals surface area contributed by atoms with Gasteiger partial charge in [-0.1, -0.05) is 30.3 Å². The molecule has 0 unspecified atom stereocenters. The molecule has 5 heteroatoms. The second kappa shape index (κ2) is 7.92. The fraction of sp³-hybridized carbons (Fsp3) is 0.526. The number of aliphatic hydroxyl groups is 1. The summed E-state index contributed by atoms with van der Waals surface area (Å²) in [5.41, 5.74) is 3.40. The minimum Gasteiger partial charge on any atom is -0.385 e. The Morgan fingerprint density at radius 2 is 2.00 bits per heavy atom. The molecule has 130 valence electrons. The molecule has 1 aliphatic heterocycles. The van der Waals surface area contributed by atoms with Gasteiger partial charge in [-0.2, -0.15) is 5.10 Å². The van der Waals surface area contributed by atoms with Crippen molar-refractivity contribution in [2.75, 3.05) is 33.7 Å². The SMILES string of the molecule is CN(C)C[C@H](O)c1cc2n(n1)CCCN(CCc1ccccc1)C2. The molecule has 0 radical (unpaired) electrons. The van der Waals surface area contributed by atoms with Crippen molar-refractivity contribution in [3.05, 3.63) is 53.3 Å². The van der Waals surface area contributed by atoms with Crippen LogP contribution >= 0.6 is 0 Å². The average Bonchev–Trinajstić information content (AvgIpc) is 2.86. The number of hydrogen-bond acceptors (Lipinski definition) is 4. The lowest BCUT2D eigenvalue weighted by atomic mass is 10.1. The van der Waals surface area contributed by atoms with Crippen LogP contribution in [0.15, 0.2) is 36.4 Å². The van der Waals surface area contributed by atoms with Crippen molar-refractivity contribution in [2.24, 2.45) is 0 Å². The maximum absolute atomic E-state index is 10.3. The highest BCUT2D eigenvalue weighted by Gasteiger charge is 2.20. The third-order valence-electron chi connectivity index (χ3n) is 4.55. The van der Waals surface area contributed by atoms with Crippen molar-refractivity contribution in [3.8, 4) is 0 Å². The van der Waals surface area contributed by atoms with E-state index < -0.39 is 6.10 Å². The van der Waals surface area contributed by atoms with Gasteiger partial charge in [-0.05, 0) is 38.6 Å². The molecule has 0 fully saturated rings. The lowest BCUT2D eigenvalue weighted by molar-refractivity contribution is 0.133. The quantitative estimate of drug-likeness (QED) is 0.880. The Kier molecular flexibility index (Phi) is 5.66. The van der Waals surface area contributed by atoms with Crippen molar-refractivity contribution < 1.29 is 5.11 Å². The molecule has 0 saturated heterocycles. The summed E-state index contributed by atoms with van der Waals surface area (Å²) in [7, 11) is 3.94. The molecule has 0 bridgehead atoms. The highest BCUT2D eigenvalue weighted by atomic mass is 16.3. The summed E-state index contributed by atoms with van der Waals surface area (Å²) in [5.74, 6) is 0. The van der Waals surface area contributed by atoms with E-state index >= 15 is 0 Å². The van der Waals surface area contributed by atoms with E-state index in [0.717, 1.165) is 44.7 Å². The van der Waals surface area contributed by atoms with Crippen LogP contribution in [0.4, 0.5) is 0 Å². The van der Waals surface area contributed by atoms with Crippen molar-refractivity contribution in [1.82, 2.24) is 19.6 Å². The fourth-order valence-electron chi connectivity index (χ4n) is 3.28. The third kappa shape index (κ3) is 4.44. The molecular weight excluding hydrogens is 300 g/mol. The number of likely N-dealkylation sites (N-methyl/N-ethyl adjacent to an activating group) is 1. The Hall–Kier alpha value is -1.69.